The van der Waals surface area contributed by atoms with Gasteiger partial charge in [-0.2, -0.15) is 0 Å². The van der Waals surface area contributed by atoms with E-state index in [0.717, 1.165) is 17.5 Å². The second kappa shape index (κ2) is 5.87. The summed E-state index contributed by atoms with van der Waals surface area (Å²) in [5, 5.41) is 5.72. The van der Waals surface area contributed by atoms with Gasteiger partial charge in [0.05, 0.1) is 11.0 Å². The predicted molar refractivity (Wildman–Crippen MR) is 88.0 cm³/mol. The predicted octanol–water partition coefficient (Wildman–Crippen LogP) is 3.20. The molecule has 4 nitrogen and oxygen atoms in total. The van der Waals surface area contributed by atoms with Gasteiger partial charge in [-0.3, -0.25) is 0 Å². The molecule has 0 aliphatic rings. The van der Waals surface area contributed by atoms with Gasteiger partial charge < -0.3 is 15.3 Å². The Morgan fingerprint density at radius 2 is 2.00 bits per heavy atom. The van der Waals surface area contributed by atoms with Crippen LogP contribution in [0.1, 0.15) is 30.3 Å². The molecule has 2 unspecified atom stereocenters. The molecule has 0 saturated carbocycles. The highest BCUT2D eigenvalue weighted by atomic mass is 32.1. The zero-order valence-corrected chi connectivity index (χ0v) is 13.0. The highest BCUT2D eigenvalue weighted by molar-refractivity contribution is 7.09. The van der Waals surface area contributed by atoms with Crippen LogP contribution in [0, 0.1) is 0 Å². The van der Waals surface area contributed by atoms with Crippen molar-refractivity contribution < 1.29 is 0 Å². The lowest BCUT2D eigenvalue weighted by Crippen LogP contribution is -2.30. The third-order valence-corrected chi connectivity index (χ3v) is 4.56. The first kappa shape index (κ1) is 14.1. The van der Waals surface area contributed by atoms with Crippen LogP contribution in [0.2, 0.25) is 0 Å². The van der Waals surface area contributed by atoms with Crippen LogP contribution in [0.3, 0.4) is 0 Å². The molecule has 3 rings (SSSR count). The fourth-order valence-electron chi connectivity index (χ4n) is 2.63. The van der Waals surface area contributed by atoms with Crippen LogP contribution < -0.4 is 11.0 Å². The molecule has 3 aromatic rings. The molecule has 3 N–H and O–H groups in total. The number of benzene rings is 1. The Balaban J connectivity index is 1.70. The van der Waals surface area contributed by atoms with Crippen molar-refractivity contribution in [2.45, 2.75) is 32.4 Å². The molecule has 5 heteroatoms. The maximum absolute atomic E-state index is 11.3. The van der Waals surface area contributed by atoms with Crippen molar-refractivity contribution in [2.24, 2.45) is 0 Å². The number of thiophene rings is 1. The van der Waals surface area contributed by atoms with E-state index in [1.807, 2.05) is 12.1 Å². The van der Waals surface area contributed by atoms with Crippen LogP contribution in [-0.2, 0) is 6.42 Å². The Kier molecular flexibility index (Phi) is 3.94. The number of imidazole rings is 1. The van der Waals surface area contributed by atoms with Crippen molar-refractivity contribution in [3.05, 3.63) is 56.6 Å². The summed E-state index contributed by atoms with van der Waals surface area (Å²) in [5.41, 5.74) is 2.73. The van der Waals surface area contributed by atoms with Crippen LogP contribution >= 0.6 is 11.3 Å². The Hall–Kier alpha value is -1.85. The lowest BCUT2D eigenvalue weighted by Gasteiger charge is -2.20. The Morgan fingerprint density at radius 3 is 2.76 bits per heavy atom. The van der Waals surface area contributed by atoms with Crippen LogP contribution in [0.25, 0.3) is 11.0 Å². The number of hydrogen-bond donors (Lipinski definition) is 3. The largest absolute Gasteiger partial charge is 0.323 e. The maximum atomic E-state index is 11.3. The molecule has 0 radical (unpaired) electrons. The minimum absolute atomic E-state index is 0.158. The SMILES string of the molecule is CC(Cc1cccs1)NC(C)c1ccc2[nH]c(=O)[nH]c2c1. The van der Waals surface area contributed by atoms with Gasteiger partial charge in [0, 0.05) is 17.0 Å². The molecular formula is C16H19N3OS. The lowest BCUT2D eigenvalue weighted by molar-refractivity contribution is 0.479. The smallest absolute Gasteiger partial charge is 0.307 e. The quantitative estimate of drug-likeness (QED) is 0.678. The zero-order valence-electron chi connectivity index (χ0n) is 12.1. The second-order valence-electron chi connectivity index (χ2n) is 5.46. The maximum Gasteiger partial charge on any atom is 0.323 e. The normalized spacial score (nSPS) is 14.4. The molecule has 1 aromatic carbocycles. The van der Waals surface area contributed by atoms with E-state index in [-0.39, 0.29) is 11.7 Å². The van der Waals surface area contributed by atoms with E-state index in [1.165, 1.54) is 10.4 Å². The average molecular weight is 301 g/mol. The van der Waals surface area contributed by atoms with Gasteiger partial charge in [-0.15, -0.1) is 11.3 Å². The molecule has 0 spiro atoms. The highest BCUT2D eigenvalue weighted by Crippen LogP contribution is 2.19. The fraction of sp³-hybridized carbons (Fsp3) is 0.312. The first-order valence-electron chi connectivity index (χ1n) is 7.12. The summed E-state index contributed by atoms with van der Waals surface area (Å²) in [5.74, 6) is 0. The minimum Gasteiger partial charge on any atom is -0.307 e. The summed E-state index contributed by atoms with van der Waals surface area (Å²) in [6.07, 6.45) is 1.03. The number of aromatic amines is 2. The van der Waals surface area contributed by atoms with Gasteiger partial charge in [0.2, 0.25) is 0 Å². The first-order valence-corrected chi connectivity index (χ1v) is 8.00. The van der Waals surface area contributed by atoms with Crippen LogP contribution in [-0.4, -0.2) is 16.0 Å². The minimum atomic E-state index is -0.158. The van der Waals surface area contributed by atoms with Gasteiger partial charge in [0.15, 0.2) is 0 Å². The molecule has 0 saturated heterocycles. The summed E-state index contributed by atoms with van der Waals surface area (Å²) in [7, 11) is 0. The van der Waals surface area contributed by atoms with Crippen LogP contribution in [0.4, 0.5) is 0 Å². The van der Waals surface area contributed by atoms with Crippen molar-refractivity contribution in [1.29, 1.82) is 0 Å². The first-order chi connectivity index (χ1) is 10.1. The molecule has 110 valence electrons. The molecular weight excluding hydrogens is 282 g/mol. The van der Waals surface area contributed by atoms with E-state index in [1.54, 1.807) is 11.3 Å². The summed E-state index contributed by atoms with van der Waals surface area (Å²) >= 11 is 1.79. The van der Waals surface area contributed by atoms with Gasteiger partial charge in [-0.1, -0.05) is 12.1 Å². The second-order valence-corrected chi connectivity index (χ2v) is 6.49. The third kappa shape index (κ3) is 3.25. The summed E-state index contributed by atoms with van der Waals surface area (Å²) in [6.45, 7) is 4.35. The lowest BCUT2D eigenvalue weighted by atomic mass is 10.1. The Morgan fingerprint density at radius 1 is 1.19 bits per heavy atom. The van der Waals surface area contributed by atoms with Crippen molar-refractivity contribution >= 4 is 22.4 Å². The fourth-order valence-corrected chi connectivity index (χ4v) is 3.47. The monoisotopic (exact) mass is 301 g/mol. The molecule has 21 heavy (non-hydrogen) atoms. The molecule has 0 aliphatic heterocycles. The average Bonchev–Trinajstić information content (AvgIpc) is 3.05. The summed E-state index contributed by atoms with van der Waals surface area (Å²) < 4.78 is 0. The van der Waals surface area contributed by atoms with E-state index >= 15 is 0 Å². The number of aromatic nitrogens is 2. The highest BCUT2D eigenvalue weighted by Gasteiger charge is 2.11. The summed E-state index contributed by atoms with van der Waals surface area (Å²) in [4.78, 5) is 18.3. The number of hydrogen-bond acceptors (Lipinski definition) is 3. The Labute approximate surface area is 127 Å². The molecule has 0 amide bonds. The molecule has 2 heterocycles. The van der Waals surface area contributed by atoms with Crippen LogP contribution in [0.5, 0.6) is 0 Å². The van der Waals surface area contributed by atoms with Gasteiger partial charge in [0.1, 0.15) is 0 Å². The summed E-state index contributed by atoms with van der Waals surface area (Å²) in [6, 6.07) is 10.9. The number of rotatable bonds is 5. The van der Waals surface area contributed by atoms with Crippen molar-refractivity contribution in [3.63, 3.8) is 0 Å². The third-order valence-electron chi connectivity index (χ3n) is 3.66. The molecule has 0 aliphatic carbocycles. The van der Waals surface area contributed by atoms with Gasteiger partial charge in [-0.25, -0.2) is 4.79 Å². The van der Waals surface area contributed by atoms with Crippen molar-refractivity contribution in [1.82, 2.24) is 15.3 Å². The van der Waals surface area contributed by atoms with Gasteiger partial charge in [0.25, 0.3) is 0 Å². The Bertz CT molecular complexity index is 772. The van der Waals surface area contributed by atoms with Gasteiger partial charge in [-0.05, 0) is 49.4 Å². The van der Waals surface area contributed by atoms with E-state index in [0.29, 0.717) is 6.04 Å². The van der Waals surface area contributed by atoms with Gasteiger partial charge >= 0.3 is 5.69 Å². The standard InChI is InChI=1S/C16H19N3OS/c1-10(8-13-4-3-7-21-13)17-11(2)12-5-6-14-15(9-12)19-16(20)18-14/h3-7,9-11,17H,8H2,1-2H3,(H2,18,19,20). The molecule has 2 aromatic heterocycles. The number of nitrogens with one attached hydrogen (secondary N) is 3. The number of fused-ring (bicyclic) bond motifs is 1. The molecule has 0 fully saturated rings. The van der Waals surface area contributed by atoms with E-state index in [4.69, 9.17) is 0 Å². The van der Waals surface area contributed by atoms with Crippen molar-refractivity contribution in [3.8, 4) is 0 Å². The van der Waals surface area contributed by atoms with E-state index in [9.17, 15) is 4.79 Å². The van der Waals surface area contributed by atoms with Crippen molar-refractivity contribution in [2.75, 3.05) is 0 Å². The molecule has 2 atom stereocenters. The van der Waals surface area contributed by atoms with E-state index < -0.39 is 0 Å². The molecule has 0 bridgehead atoms. The zero-order chi connectivity index (χ0) is 14.8. The van der Waals surface area contributed by atoms with Crippen LogP contribution in [0.15, 0.2) is 40.5 Å². The topological polar surface area (TPSA) is 60.7 Å². The van der Waals surface area contributed by atoms with E-state index in [2.05, 4.69) is 52.7 Å². The number of H-pyrrole nitrogens is 2.